The minimum absolute atomic E-state index is 0.264. The number of hydrogen-bond donors (Lipinski definition) is 2. The van der Waals surface area contributed by atoms with E-state index in [0.717, 1.165) is 35.6 Å². The van der Waals surface area contributed by atoms with Crippen LogP contribution in [0.1, 0.15) is 41.6 Å². The second kappa shape index (κ2) is 10.3. The number of aryl methyl sites for hydroxylation is 2. The van der Waals surface area contributed by atoms with Gasteiger partial charge in [-0.2, -0.15) is 17.5 Å². The number of amides is 1. The second-order valence-corrected chi connectivity index (χ2v) is 8.40. The number of halogens is 3. The first kappa shape index (κ1) is 23.4. The summed E-state index contributed by atoms with van der Waals surface area (Å²) in [4.78, 5) is 15.8. The molecular formula is C21H24F3N3O3S. The largest absolute Gasteiger partial charge is 0.433 e. The van der Waals surface area contributed by atoms with E-state index in [4.69, 9.17) is 0 Å². The third-order valence-corrected chi connectivity index (χ3v) is 6.05. The maximum absolute atomic E-state index is 12.6. The van der Waals surface area contributed by atoms with E-state index in [-0.39, 0.29) is 5.91 Å². The number of aromatic nitrogens is 1. The van der Waals surface area contributed by atoms with Crippen LogP contribution in [0.5, 0.6) is 0 Å². The number of benzene rings is 1. The number of alkyl halides is 3. The molecule has 6 nitrogen and oxygen atoms in total. The standard InChI is InChI=1S/C21H24F3N3O3S/c22-21(23,24)19-10-9-16(13-25-19)6-1-4-15-5-2-7-17(12-15)14-26-20(28)18-8-3-11-27(18)31(29)30/h2,5,7,9-10,12-13,18H,1,3-4,6,8,11,14H2,(H,26,28)(H,29,30). The summed E-state index contributed by atoms with van der Waals surface area (Å²) in [5.74, 6) is -0.264. The minimum atomic E-state index is -4.43. The van der Waals surface area contributed by atoms with Gasteiger partial charge in [0.05, 0.1) is 0 Å². The van der Waals surface area contributed by atoms with E-state index in [0.29, 0.717) is 32.4 Å². The highest BCUT2D eigenvalue weighted by Crippen LogP contribution is 2.27. The summed E-state index contributed by atoms with van der Waals surface area (Å²) in [6.07, 6.45) is 0.193. The average Bonchev–Trinajstić information content (AvgIpc) is 3.23. The van der Waals surface area contributed by atoms with E-state index in [2.05, 4.69) is 10.3 Å². The van der Waals surface area contributed by atoms with Crippen LogP contribution in [0.15, 0.2) is 42.6 Å². The minimum Gasteiger partial charge on any atom is -0.351 e. The van der Waals surface area contributed by atoms with Gasteiger partial charge >= 0.3 is 6.18 Å². The maximum Gasteiger partial charge on any atom is 0.433 e. The first-order chi connectivity index (χ1) is 14.7. The van der Waals surface area contributed by atoms with Gasteiger partial charge in [0, 0.05) is 19.3 Å². The fourth-order valence-corrected chi connectivity index (χ4v) is 4.33. The Morgan fingerprint density at radius 3 is 2.61 bits per heavy atom. The van der Waals surface area contributed by atoms with Crippen molar-refractivity contribution in [3.8, 4) is 0 Å². The highest BCUT2D eigenvalue weighted by atomic mass is 32.2. The molecule has 1 saturated heterocycles. The van der Waals surface area contributed by atoms with Gasteiger partial charge in [0.15, 0.2) is 0 Å². The quantitative estimate of drug-likeness (QED) is 0.597. The van der Waals surface area contributed by atoms with Gasteiger partial charge in [0.1, 0.15) is 11.7 Å². The van der Waals surface area contributed by atoms with Crippen LogP contribution in [0.25, 0.3) is 0 Å². The molecule has 1 amide bonds. The first-order valence-corrected chi connectivity index (χ1v) is 11.1. The summed E-state index contributed by atoms with van der Waals surface area (Å²) >= 11 is -2.16. The van der Waals surface area contributed by atoms with Crippen molar-refractivity contribution in [2.24, 2.45) is 0 Å². The number of nitrogens with zero attached hydrogens (tertiary/aromatic N) is 2. The van der Waals surface area contributed by atoms with Gasteiger partial charge in [-0.05, 0) is 54.9 Å². The normalized spacial score (nSPS) is 18.1. The van der Waals surface area contributed by atoms with Gasteiger partial charge in [-0.25, -0.2) is 4.21 Å². The number of hydrogen-bond acceptors (Lipinski definition) is 3. The van der Waals surface area contributed by atoms with Gasteiger partial charge < -0.3 is 5.32 Å². The van der Waals surface area contributed by atoms with Crippen molar-refractivity contribution in [2.45, 2.75) is 50.9 Å². The lowest BCUT2D eigenvalue weighted by molar-refractivity contribution is -0.141. The van der Waals surface area contributed by atoms with Crippen molar-refractivity contribution in [1.82, 2.24) is 14.6 Å². The van der Waals surface area contributed by atoms with Crippen molar-refractivity contribution in [2.75, 3.05) is 6.54 Å². The van der Waals surface area contributed by atoms with E-state index in [9.17, 15) is 26.7 Å². The van der Waals surface area contributed by atoms with Crippen LogP contribution >= 0.6 is 0 Å². The summed E-state index contributed by atoms with van der Waals surface area (Å²) < 4.78 is 59.6. The molecule has 0 bridgehead atoms. The topological polar surface area (TPSA) is 82.5 Å². The van der Waals surface area contributed by atoms with Crippen LogP contribution in [-0.4, -0.2) is 36.5 Å². The Hall–Kier alpha value is -2.30. The zero-order valence-electron chi connectivity index (χ0n) is 16.8. The van der Waals surface area contributed by atoms with Crippen molar-refractivity contribution in [3.63, 3.8) is 0 Å². The molecular weight excluding hydrogens is 431 g/mol. The Morgan fingerprint density at radius 2 is 1.94 bits per heavy atom. The van der Waals surface area contributed by atoms with E-state index in [1.807, 2.05) is 24.3 Å². The predicted octanol–water partition coefficient (Wildman–Crippen LogP) is 3.49. The smallest absolute Gasteiger partial charge is 0.351 e. The zero-order chi connectivity index (χ0) is 22.4. The molecule has 10 heteroatoms. The fraction of sp³-hybridized carbons (Fsp3) is 0.429. The maximum atomic E-state index is 12.6. The SMILES string of the molecule is O=C(NCc1cccc(CCCc2ccc(C(F)(F)F)nc2)c1)C1CCCN1S(=O)O. The molecule has 1 fully saturated rings. The predicted molar refractivity (Wildman–Crippen MR) is 110 cm³/mol. The van der Waals surface area contributed by atoms with Gasteiger partial charge in [0.25, 0.3) is 0 Å². The molecule has 31 heavy (non-hydrogen) atoms. The molecule has 1 aromatic heterocycles. The Labute approximate surface area is 181 Å². The second-order valence-electron chi connectivity index (χ2n) is 7.47. The molecule has 1 aliphatic rings. The first-order valence-electron chi connectivity index (χ1n) is 9.99. The molecule has 2 aromatic rings. The average molecular weight is 456 g/mol. The van der Waals surface area contributed by atoms with Gasteiger partial charge in [-0.15, -0.1) is 0 Å². The van der Waals surface area contributed by atoms with Crippen molar-refractivity contribution in [3.05, 3.63) is 65.0 Å². The number of carbonyl (C=O) groups is 1. The molecule has 168 valence electrons. The molecule has 1 aliphatic heterocycles. The molecule has 2 atom stereocenters. The Bertz CT molecular complexity index is 922. The lowest BCUT2D eigenvalue weighted by atomic mass is 10.0. The van der Waals surface area contributed by atoms with E-state index in [1.165, 1.54) is 16.6 Å². The summed E-state index contributed by atoms with van der Waals surface area (Å²) in [5.41, 5.74) is 1.83. The van der Waals surface area contributed by atoms with E-state index < -0.39 is 29.2 Å². The van der Waals surface area contributed by atoms with Crippen molar-refractivity contribution in [1.29, 1.82) is 0 Å². The molecule has 2 unspecified atom stereocenters. The van der Waals surface area contributed by atoms with Gasteiger partial charge in [0.2, 0.25) is 17.2 Å². The Morgan fingerprint density at radius 1 is 1.19 bits per heavy atom. The third kappa shape index (κ3) is 6.59. The third-order valence-electron chi connectivity index (χ3n) is 5.21. The molecule has 2 heterocycles. The lowest BCUT2D eigenvalue weighted by Gasteiger charge is -2.19. The lowest BCUT2D eigenvalue weighted by Crippen LogP contribution is -2.43. The Kier molecular flexibility index (Phi) is 7.79. The van der Waals surface area contributed by atoms with E-state index in [1.54, 1.807) is 0 Å². The molecule has 1 aromatic carbocycles. The summed E-state index contributed by atoms with van der Waals surface area (Å²) in [7, 11) is 0. The van der Waals surface area contributed by atoms with Crippen LogP contribution in [0.2, 0.25) is 0 Å². The van der Waals surface area contributed by atoms with Crippen LogP contribution < -0.4 is 5.32 Å². The molecule has 0 spiro atoms. The van der Waals surface area contributed by atoms with Gasteiger partial charge in [-0.3, -0.25) is 14.3 Å². The van der Waals surface area contributed by atoms with Crippen LogP contribution in [0, 0.1) is 0 Å². The zero-order valence-corrected chi connectivity index (χ0v) is 17.6. The highest BCUT2D eigenvalue weighted by molar-refractivity contribution is 7.76. The number of carbonyl (C=O) groups excluding carboxylic acids is 1. The molecule has 0 radical (unpaired) electrons. The number of rotatable bonds is 8. The van der Waals surface area contributed by atoms with Gasteiger partial charge in [-0.1, -0.05) is 30.3 Å². The molecule has 2 N–H and O–H groups in total. The fourth-order valence-electron chi connectivity index (χ4n) is 3.63. The van der Waals surface area contributed by atoms with Crippen molar-refractivity contribution < 1.29 is 26.7 Å². The highest BCUT2D eigenvalue weighted by Gasteiger charge is 2.34. The van der Waals surface area contributed by atoms with Crippen LogP contribution in [0.4, 0.5) is 13.2 Å². The number of pyridine rings is 1. The summed E-state index contributed by atoms with van der Waals surface area (Å²) in [6, 6.07) is 9.57. The summed E-state index contributed by atoms with van der Waals surface area (Å²) in [6.45, 7) is 0.739. The van der Waals surface area contributed by atoms with Crippen molar-refractivity contribution >= 4 is 17.2 Å². The molecule has 0 aliphatic carbocycles. The Balaban J connectivity index is 1.48. The van der Waals surface area contributed by atoms with Crippen LogP contribution in [-0.2, 0) is 41.6 Å². The molecule has 0 saturated carbocycles. The number of nitrogens with one attached hydrogen (secondary N) is 1. The van der Waals surface area contributed by atoms with Crippen LogP contribution in [0.3, 0.4) is 0 Å². The monoisotopic (exact) mass is 455 g/mol. The summed E-state index contributed by atoms with van der Waals surface area (Å²) in [5, 5.41) is 2.83. The molecule has 3 rings (SSSR count). The van der Waals surface area contributed by atoms with E-state index >= 15 is 0 Å².